The molecular weight excluding hydrogens is 294 g/mol. The van der Waals surface area contributed by atoms with Crippen LogP contribution in [0.5, 0.6) is 0 Å². The molecule has 0 amide bonds. The Labute approximate surface area is 114 Å². The molecule has 94 valence electrons. The van der Waals surface area contributed by atoms with Gasteiger partial charge in [0.25, 0.3) is 0 Å². The van der Waals surface area contributed by atoms with E-state index in [1.807, 2.05) is 38.1 Å². The van der Waals surface area contributed by atoms with Gasteiger partial charge in [-0.15, -0.1) is 0 Å². The van der Waals surface area contributed by atoms with E-state index in [4.69, 9.17) is 4.74 Å². The molecule has 0 spiro atoms. The van der Waals surface area contributed by atoms with E-state index in [9.17, 15) is 4.79 Å². The lowest BCUT2D eigenvalue weighted by Gasteiger charge is -2.13. The molecule has 0 aliphatic carbocycles. The highest BCUT2D eigenvalue weighted by atomic mass is 79.9. The fourth-order valence-electron chi connectivity index (χ4n) is 1.91. The second-order valence-corrected chi connectivity index (χ2v) is 4.95. The first-order valence-corrected chi connectivity index (χ1v) is 6.63. The molecule has 2 aromatic rings. The van der Waals surface area contributed by atoms with Gasteiger partial charge < -0.3 is 4.74 Å². The largest absolute Gasteiger partial charge is 0.466 e. The second-order valence-electron chi connectivity index (χ2n) is 4.04. The van der Waals surface area contributed by atoms with Crippen LogP contribution in [-0.4, -0.2) is 17.6 Å². The van der Waals surface area contributed by atoms with E-state index in [1.165, 1.54) is 0 Å². The van der Waals surface area contributed by atoms with Gasteiger partial charge in [0, 0.05) is 16.1 Å². The van der Waals surface area contributed by atoms with Crippen LogP contribution in [-0.2, 0) is 9.53 Å². The quantitative estimate of drug-likeness (QED) is 0.812. The van der Waals surface area contributed by atoms with Gasteiger partial charge in [-0.05, 0) is 43.7 Å². The van der Waals surface area contributed by atoms with Crippen molar-refractivity contribution in [2.45, 2.75) is 19.8 Å². The Bertz CT molecular complexity index is 583. The minimum absolute atomic E-state index is 0.204. The molecule has 0 radical (unpaired) electrons. The number of nitrogens with zero attached hydrogens (tertiary/aromatic N) is 1. The molecule has 0 bridgehead atoms. The van der Waals surface area contributed by atoms with Crippen LogP contribution >= 0.6 is 15.9 Å². The minimum Gasteiger partial charge on any atom is -0.466 e. The van der Waals surface area contributed by atoms with E-state index < -0.39 is 0 Å². The van der Waals surface area contributed by atoms with E-state index in [0.29, 0.717) is 6.61 Å². The second kappa shape index (κ2) is 5.48. The third-order valence-corrected chi connectivity index (χ3v) is 3.34. The number of fused-ring (bicyclic) bond motifs is 1. The first-order chi connectivity index (χ1) is 8.63. The maximum Gasteiger partial charge on any atom is 0.313 e. The van der Waals surface area contributed by atoms with Crippen LogP contribution in [0.4, 0.5) is 0 Å². The minimum atomic E-state index is -0.287. The lowest BCUT2D eigenvalue weighted by Crippen LogP contribution is -2.13. The molecule has 2 rings (SSSR count). The number of aromatic nitrogens is 1. The van der Waals surface area contributed by atoms with Crippen molar-refractivity contribution in [1.29, 1.82) is 0 Å². The number of carbonyl (C=O) groups excluding carboxylic acids is 1. The van der Waals surface area contributed by atoms with Gasteiger partial charge in [0.2, 0.25) is 0 Å². The zero-order valence-corrected chi connectivity index (χ0v) is 11.9. The van der Waals surface area contributed by atoms with Gasteiger partial charge in [-0.3, -0.25) is 9.78 Å². The lowest BCUT2D eigenvalue weighted by molar-refractivity contribution is -0.144. The number of pyridine rings is 1. The van der Waals surface area contributed by atoms with Crippen LogP contribution in [0, 0.1) is 0 Å². The fraction of sp³-hybridized carbons (Fsp3) is 0.286. The Hall–Kier alpha value is -1.42. The molecule has 0 saturated heterocycles. The smallest absolute Gasteiger partial charge is 0.313 e. The average Bonchev–Trinajstić information content (AvgIpc) is 2.37. The summed E-state index contributed by atoms with van der Waals surface area (Å²) >= 11 is 3.44. The van der Waals surface area contributed by atoms with E-state index in [1.54, 1.807) is 6.20 Å². The zero-order chi connectivity index (χ0) is 13.1. The monoisotopic (exact) mass is 307 g/mol. The molecule has 18 heavy (non-hydrogen) atoms. The zero-order valence-electron chi connectivity index (χ0n) is 10.3. The number of benzene rings is 1. The predicted molar refractivity (Wildman–Crippen MR) is 74.5 cm³/mol. The predicted octanol–water partition coefficient (Wildman–Crippen LogP) is 3.66. The Morgan fingerprint density at radius 1 is 1.44 bits per heavy atom. The standard InChI is InChI=1S/C14H14BrNO2/c1-3-18-14(17)9(2)11-6-7-16-13-5-4-10(15)8-12(11)13/h4-9H,3H2,1-2H3. The summed E-state index contributed by atoms with van der Waals surface area (Å²) in [4.78, 5) is 16.1. The molecule has 0 N–H and O–H groups in total. The number of carbonyl (C=O) groups is 1. The van der Waals surface area contributed by atoms with Crippen LogP contribution in [0.3, 0.4) is 0 Å². The summed E-state index contributed by atoms with van der Waals surface area (Å²) in [7, 11) is 0. The molecule has 0 aliphatic heterocycles. The third-order valence-electron chi connectivity index (χ3n) is 2.84. The Morgan fingerprint density at radius 2 is 2.22 bits per heavy atom. The van der Waals surface area contributed by atoms with Crippen LogP contribution in [0.25, 0.3) is 10.9 Å². The highest BCUT2D eigenvalue weighted by Gasteiger charge is 2.18. The SMILES string of the molecule is CCOC(=O)C(C)c1ccnc2ccc(Br)cc12. The van der Waals surface area contributed by atoms with Gasteiger partial charge in [0.15, 0.2) is 0 Å². The molecule has 3 nitrogen and oxygen atoms in total. The molecule has 0 aliphatic rings. The van der Waals surface area contributed by atoms with E-state index in [2.05, 4.69) is 20.9 Å². The number of hydrogen-bond donors (Lipinski definition) is 0. The van der Waals surface area contributed by atoms with E-state index >= 15 is 0 Å². The van der Waals surface area contributed by atoms with Crippen molar-refractivity contribution < 1.29 is 9.53 Å². The molecular formula is C14H14BrNO2. The Balaban J connectivity index is 2.50. The first-order valence-electron chi connectivity index (χ1n) is 5.84. The van der Waals surface area contributed by atoms with Crippen LogP contribution in [0.1, 0.15) is 25.3 Å². The maximum atomic E-state index is 11.8. The Kier molecular flexibility index (Phi) is 3.97. The molecule has 0 fully saturated rings. The van der Waals surface area contributed by atoms with Gasteiger partial charge >= 0.3 is 5.97 Å². The van der Waals surface area contributed by atoms with Gasteiger partial charge in [0.1, 0.15) is 0 Å². The van der Waals surface area contributed by atoms with Gasteiger partial charge in [0.05, 0.1) is 18.0 Å². The maximum absolute atomic E-state index is 11.8. The highest BCUT2D eigenvalue weighted by Crippen LogP contribution is 2.27. The number of rotatable bonds is 3. The summed E-state index contributed by atoms with van der Waals surface area (Å²) in [6, 6.07) is 7.72. The van der Waals surface area contributed by atoms with E-state index in [0.717, 1.165) is 20.9 Å². The normalized spacial score (nSPS) is 12.4. The Morgan fingerprint density at radius 3 is 2.94 bits per heavy atom. The molecule has 1 heterocycles. The van der Waals surface area contributed by atoms with E-state index in [-0.39, 0.29) is 11.9 Å². The summed E-state index contributed by atoms with van der Waals surface area (Å²) in [5.41, 5.74) is 1.83. The number of hydrogen-bond acceptors (Lipinski definition) is 3. The van der Waals surface area contributed by atoms with Crippen molar-refractivity contribution in [1.82, 2.24) is 4.98 Å². The van der Waals surface area contributed by atoms with Crippen LogP contribution in [0.2, 0.25) is 0 Å². The summed E-state index contributed by atoms with van der Waals surface area (Å²) < 4.78 is 6.04. The third kappa shape index (κ3) is 2.53. The van der Waals surface area contributed by atoms with Crippen molar-refractivity contribution in [2.75, 3.05) is 6.61 Å². The molecule has 4 heteroatoms. The topological polar surface area (TPSA) is 39.2 Å². The molecule has 1 unspecified atom stereocenters. The molecule has 1 aromatic heterocycles. The summed E-state index contributed by atoms with van der Waals surface area (Å²) in [6.07, 6.45) is 1.72. The van der Waals surface area contributed by atoms with Crippen molar-refractivity contribution in [3.05, 3.63) is 40.5 Å². The first kappa shape index (κ1) is 13.0. The molecule has 1 atom stereocenters. The van der Waals surface area contributed by atoms with Gasteiger partial charge in [-0.2, -0.15) is 0 Å². The fourth-order valence-corrected chi connectivity index (χ4v) is 2.27. The van der Waals surface area contributed by atoms with Crippen molar-refractivity contribution in [2.24, 2.45) is 0 Å². The van der Waals surface area contributed by atoms with Crippen molar-refractivity contribution in [3.8, 4) is 0 Å². The summed E-state index contributed by atoms with van der Waals surface area (Å²) in [6.45, 7) is 4.06. The summed E-state index contributed by atoms with van der Waals surface area (Å²) in [5.74, 6) is -0.491. The molecule has 0 saturated carbocycles. The van der Waals surface area contributed by atoms with Crippen LogP contribution < -0.4 is 0 Å². The van der Waals surface area contributed by atoms with Gasteiger partial charge in [-0.1, -0.05) is 15.9 Å². The van der Waals surface area contributed by atoms with Gasteiger partial charge in [-0.25, -0.2) is 0 Å². The summed E-state index contributed by atoms with van der Waals surface area (Å²) in [5, 5.41) is 0.979. The highest BCUT2D eigenvalue weighted by molar-refractivity contribution is 9.10. The number of halogens is 1. The average molecular weight is 308 g/mol. The number of ether oxygens (including phenoxy) is 1. The number of esters is 1. The molecule has 1 aromatic carbocycles. The lowest BCUT2D eigenvalue weighted by atomic mass is 9.97. The van der Waals surface area contributed by atoms with Crippen LogP contribution in [0.15, 0.2) is 34.9 Å². The van der Waals surface area contributed by atoms with Crippen molar-refractivity contribution >= 4 is 32.8 Å². The van der Waals surface area contributed by atoms with Crippen molar-refractivity contribution in [3.63, 3.8) is 0 Å².